The van der Waals surface area contributed by atoms with E-state index in [0.29, 0.717) is 0 Å². The Bertz CT molecular complexity index is 728. The number of aromatic nitrogens is 4. The van der Waals surface area contributed by atoms with Crippen LogP contribution in [0.1, 0.15) is 19.2 Å². The van der Waals surface area contributed by atoms with E-state index in [1.807, 2.05) is 18.6 Å². The molecular formula is C14H17N5S. The third kappa shape index (κ3) is 2.27. The second-order valence-corrected chi connectivity index (χ2v) is 5.87. The van der Waals surface area contributed by atoms with Crippen molar-refractivity contribution in [3.05, 3.63) is 30.1 Å². The molecule has 1 aromatic carbocycles. The van der Waals surface area contributed by atoms with Crippen molar-refractivity contribution >= 4 is 22.0 Å². The van der Waals surface area contributed by atoms with Crippen LogP contribution < -0.4 is 4.90 Å². The van der Waals surface area contributed by atoms with Crippen LogP contribution in [0.4, 0.5) is 5.69 Å². The van der Waals surface area contributed by atoms with Gasteiger partial charge < -0.3 is 4.90 Å². The van der Waals surface area contributed by atoms with Crippen LogP contribution in [-0.4, -0.2) is 33.9 Å². The highest BCUT2D eigenvalue weighted by molar-refractivity contribution is 7.19. The molecule has 0 N–H and O–H groups in total. The van der Waals surface area contributed by atoms with Gasteiger partial charge in [-0.25, -0.2) is 0 Å². The number of nitrogens with zero attached hydrogens (tertiary/aromatic N) is 5. The van der Waals surface area contributed by atoms with Crippen LogP contribution in [0.2, 0.25) is 0 Å². The monoisotopic (exact) mass is 287 g/mol. The van der Waals surface area contributed by atoms with Crippen molar-refractivity contribution in [1.82, 2.24) is 19.8 Å². The molecule has 0 aliphatic heterocycles. The Balaban J connectivity index is 2.03. The van der Waals surface area contributed by atoms with Gasteiger partial charge in [0.05, 0.1) is 0 Å². The molecule has 0 unspecified atom stereocenters. The Hall–Kier alpha value is -1.95. The first kappa shape index (κ1) is 13.1. The van der Waals surface area contributed by atoms with Crippen molar-refractivity contribution in [3.63, 3.8) is 0 Å². The smallest absolute Gasteiger partial charge is 0.234 e. The van der Waals surface area contributed by atoms with Gasteiger partial charge in [-0.15, -0.1) is 10.2 Å². The molecule has 0 saturated heterocycles. The van der Waals surface area contributed by atoms with Gasteiger partial charge in [0.1, 0.15) is 5.01 Å². The molecule has 0 spiro atoms. The minimum atomic E-state index is 0.860. The summed E-state index contributed by atoms with van der Waals surface area (Å²) < 4.78 is 1.87. The van der Waals surface area contributed by atoms with Crippen molar-refractivity contribution in [1.29, 1.82) is 0 Å². The summed E-state index contributed by atoms with van der Waals surface area (Å²) in [4.78, 5) is 2.95. The number of rotatable bonds is 4. The summed E-state index contributed by atoms with van der Waals surface area (Å²) in [6.45, 7) is 2.13. The fourth-order valence-electron chi connectivity index (χ4n) is 2.07. The number of fused-ring (bicyclic) bond motifs is 1. The standard InChI is InChI=1S/C14H17N5S/c1-4-6-12-15-16-14-19(12)17-13(20-14)10-7-5-8-11(9-10)18(2)3/h5,7-9H,4,6H2,1-3H3. The van der Waals surface area contributed by atoms with E-state index >= 15 is 0 Å². The summed E-state index contributed by atoms with van der Waals surface area (Å²) in [5.74, 6) is 0.939. The average molecular weight is 287 g/mol. The lowest BCUT2D eigenvalue weighted by Crippen LogP contribution is -2.08. The second-order valence-electron chi connectivity index (χ2n) is 4.91. The molecule has 5 nitrogen and oxygen atoms in total. The van der Waals surface area contributed by atoms with Crippen LogP contribution >= 0.6 is 11.3 Å². The average Bonchev–Trinajstić information content (AvgIpc) is 3.01. The zero-order chi connectivity index (χ0) is 14.1. The Labute approximate surface area is 121 Å². The molecule has 2 heterocycles. The van der Waals surface area contributed by atoms with Crippen LogP contribution in [0, 0.1) is 0 Å². The van der Waals surface area contributed by atoms with Crippen LogP contribution in [0.5, 0.6) is 0 Å². The Morgan fingerprint density at radius 2 is 2.10 bits per heavy atom. The van der Waals surface area contributed by atoms with Crippen LogP contribution in [0.25, 0.3) is 15.5 Å². The molecule has 0 fully saturated rings. The van der Waals surface area contributed by atoms with Gasteiger partial charge in [-0.2, -0.15) is 9.61 Å². The van der Waals surface area contributed by atoms with Gasteiger partial charge in [0.15, 0.2) is 5.82 Å². The van der Waals surface area contributed by atoms with Crippen LogP contribution in [0.15, 0.2) is 24.3 Å². The van der Waals surface area contributed by atoms with Crippen molar-refractivity contribution in [3.8, 4) is 10.6 Å². The van der Waals surface area contributed by atoms with Gasteiger partial charge in [-0.3, -0.25) is 0 Å². The minimum absolute atomic E-state index is 0.860. The van der Waals surface area contributed by atoms with Gasteiger partial charge >= 0.3 is 0 Å². The normalized spacial score (nSPS) is 11.2. The van der Waals surface area contributed by atoms with Crippen molar-refractivity contribution in [2.24, 2.45) is 0 Å². The van der Waals surface area contributed by atoms with Gasteiger partial charge in [0, 0.05) is 31.8 Å². The molecule has 104 valence electrons. The van der Waals surface area contributed by atoms with Gasteiger partial charge in [0.2, 0.25) is 4.96 Å². The second kappa shape index (κ2) is 5.20. The van der Waals surface area contributed by atoms with Crippen molar-refractivity contribution < 1.29 is 0 Å². The number of aryl methyl sites for hydroxylation is 1. The molecule has 3 aromatic rings. The Kier molecular flexibility index (Phi) is 3.40. The molecule has 0 saturated carbocycles. The first-order chi connectivity index (χ1) is 9.69. The molecule has 0 aliphatic rings. The Morgan fingerprint density at radius 1 is 1.25 bits per heavy atom. The zero-order valence-electron chi connectivity index (χ0n) is 11.9. The molecule has 0 radical (unpaired) electrons. The predicted molar refractivity (Wildman–Crippen MR) is 82.4 cm³/mol. The summed E-state index contributed by atoms with van der Waals surface area (Å²) in [5, 5.41) is 14.0. The largest absolute Gasteiger partial charge is 0.378 e. The Morgan fingerprint density at radius 3 is 2.85 bits per heavy atom. The highest BCUT2D eigenvalue weighted by Crippen LogP contribution is 2.28. The lowest BCUT2D eigenvalue weighted by Gasteiger charge is -2.12. The van der Waals surface area contributed by atoms with Crippen molar-refractivity contribution in [2.45, 2.75) is 19.8 Å². The van der Waals surface area contributed by atoms with Gasteiger partial charge in [0.25, 0.3) is 0 Å². The topological polar surface area (TPSA) is 46.3 Å². The maximum Gasteiger partial charge on any atom is 0.234 e. The van der Waals surface area contributed by atoms with E-state index in [-0.39, 0.29) is 0 Å². The van der Waals surface area contributed by atoms with E-state index < -0.39 is 0 Å². The van der Waals surface area contributed by atoms with Gasteiger partial charge in [-0.05, 0) is 18.6 Å². The zero-order valence-corrected chi connectivity index (χ0v) is 12.7. The SMILES string of the molecule is CCCc1nnc2sc(-c3cccc(N(C)C)c3)nn12. The highest BCUT2D eigenvalue weighted by atomic mass is 32.1. The summed E-state index contributed by atoms with van der Waals surface area (Å²) in [6.07, 6.45) is 1.95. The first-order valence-corrected chi connectivity index (χ1v) is 7.49. The molecule has 20 heavy (non-hydrogen) atoms. The van der Waals surface area contributed by atoms with Gasteiger partial charge in [-0.1, -0.05) is 30.4 Å². The van der Waals surface area contributed by atoms with E-state index in [1.54, 1.807) is 11.3 Å². The summed E-state index contributed by atoms with van der Waals surface area (Å²) in [5.41, 5.74) is 2.29. The molecule has 2 aromatic heterocycles. The van der Waals surface area contributed by atoms with E-state index in [4.69, 9.17) is 0 Å². The van der Waals surface area contributed by atoms with Crippen molar-refractivity contribution in [2.75, 3.05) is 19.0 Å². The molecule has 0 amide bonds. The molecule has 6 heteroatoms. The third-order valence-corrected chi connectivity index (χ3v) is 4.09. The lowest BCUT2D eigenvalue weighted by atomic mass is 10.2. The third-order valence-electron chi connectivity index (χ3n) is 3.14. The minimum Gasteiger partial charge on any atom is -0.378 e. The number of benzene rings is 1. The first-order valence-electron chi connectivity index (χ1n) is 6.68. The van der Waals surface area contributed by atoms with Crippen LogP contribution in [-0.2, 0) is 6.42 Å². The highest BCUT2D eigenvalue weighted by Gasteiger charge is 2.12. The summed E-state index contributed by atoms with van der Waals surface area (Å²) in [7, 11) is 4.08. The maximum atomic E-state index is 4.65. The van der Waals surface area contributed by atoms with E-state index in [1.165, 1.54) is 5.69 Å². The molecule has 0 atom stereocenters. The maximum absolute atomic E-state index is 4.65. The van der Waals surface area contributed by atoms with E-state index in [2.05, 4.69) is 51.4 Å². The number of hydrogen-bond donors (Lipinski definition) is 0. The number of hydrogen-bond acceptors (Lipinski definition) is 5. The van der Waals surface area contributed by atoms with E-state index in [9.17, 15) is 0 Å². The summed E-state index contributed by atoms with van der Waals surface area (Å²) >= 11 is 1.58. The molecule has 0 aliphatic carbocycles. The fraction of sp³-hybridized carbons (Fsp3) is 0.357. The fourth-order valence-corrected chi connectivity index (χ4v) is 2.93. The molecular weight excluding hydrogens is 270 g/mol. The predicted octanol–water partition coefficient (Wildman–Crippen LogP) is 2.87. The van der Waals surface area contributed by atoms with Crippen LogP contribution in [0.3, 0.4) is 0 Å². The summed E-state index contributed by atoms with van der Waals surface area (Å²) in [6, 6.07) is 8.37. The lowest BCUT2D eigenvalue weighted by molar-refractivity contribution is 0.778. The quantitative estimate of drug-likeness (QED) is 0.740. The molecule has 0 bridgehead atoms. The number of anilines is 1. The van der Waals surface area contributed by atoms with E-state index in [0.717, 1.165) is 34.2 Å². The molecule has 3 rings (SSSR count).